The van der Waals surface area contributed by atoms with Crippen LogP contribution >= 0.6 is 0 Å². The molecule has 0 aromatic heterocycles. The van der Waals surface area contributed by atoms with Crippen LogP contribution in [0, 0.1) is 15.9 Å². The zero-order valence-electron chi connectivity index (χ0n) is 8.39. The zero-order valence-corrected chi connectivity index (χ0v) is 8.39. The summed E-state index contributed by atoms with van der Waals surface area (Å²) in [5.74, 6) is -0.691. The molecule has 0 aliphatic heterocycles. The van der Waals surface area contributed by atoms with E-state index in [9.17, 15) is 19.6 Å². The lowest BCUT2D eigenvalue weighted by Crippen LogP contribution is -2.52. The van der Waals surface area contributed by atoms with Gasteiger partial charge >= 0.3 is 0 Å². The number of benzene rings is 1. The molecule has 0 radical (unpaired) electrons. The Labute approximate surface area is 90.8 Å². The lowest BCUT2D eigenvalue weighted by Gasteiger charge is -2.42. The molecule has 1 fully saturated rings. The van der Waals surface area contributed by atoms with Crippen LogP contribution in [0.1, 0.15) is 18.4 Å². The molecule has 1 aliphatic rings. The predicted octanol–water partition coefficient (Wildman–Crippen LogP) is 1.04. The number of nitro groups is 1. The van der Waals surface area contributed by atoms with E-state index in [0.29, 0.717) is 0 Å². The van der Waals surface area contributed by atoms with Gasteiger partial charge in [0.2, 0.25) is 0 Å². The van der Waals surface area contributed by atoms with Crippen molar-refractivity contribution in [3.05, 3.63) is 39.7 Å². The highest BCUT2D eigenvalue weighted by atomic mass is 19.1. The first-order valence-electron chi connectivity index (χ1n) is 4.84. The Bertz CT molecular complexity index is 444. The Balaban J connectivity index is 2.51. The molecule has 0 spiro atoms. The second-order valence-electron chi connectivity index (χ2n) is 4.11. The smallest absolute Gasteiger partial charge is 0.277 e. The third-order valence-electron chi connectivity index (χ3n) is 2.89. The van der Waals surface area contributed by atoms with E-state index >= 15 is 0 Å². The quantitative estimate of drug-likeness (QED) is 0.582. The predicted molar refractivity (Wildman–Crippen MR) is 54.2 cm³/mol. The van der Waals surface area contributed by atoms with E-state index in [1.54, 1.807) is 0 Å². The van der Waals surface area contributed by atoms with Crippen molar-refractivity contribution in [2.45, 2.75) is 24.5 Å². The fraction of sp³-hybridized carbons (Fsp3) is 0.400. The van der Waals surface area contributed by atoms with Gasteiger partial charge in [-0.2, -0.15) is 0 Å². The summed E-state index contributed by atoms with van der Waals surface area (Å²) < 4.78 is 13.6. The Morgan fingerprint density at radius 1 is 1.56 bits per heavy atom. The largest absolute Gasteiger partial charge is 0.393 e. The molecule has 16 heavy (non-hydrogen) atoms. The summed E-state index contributed by atoms with van der Waals surface area (Å²) in [7, 11) is 0. The van der Waals surface area contributed by atoms with Crippen LogP contribution in [0.15, 0.2) is 18.2 Å². The first kappa shape index (κ1) is 11.0. The number of nitro benzene ring substituents is 1. The highest BCUT2D eigenvalue weighted by molar-refractivity contribution is 5.47. The maximum Gasteiger partial charge on any atom is 0.277 e. The Hall–Kier alpha value is -1.53. The van der Waals surface area contributed by atoms with Crippen molar-refractivity contribution in [3.63, 3.8) is 0 Å². The second kappa shape index (κ2) is 3.50. The Kier molecular flexibility index (Phi) is 2.40. The van der Waals surface area contributed by atoms with E-state index in [1.807, 2.05) is 0 Å². The minimum Gasteiger partial charge on any atom is -0.393 e. The molecule has 0 heterocycles. The molecular formula is C10H11FN2O3. The van der Waals surface area contributed by atoms with Gasteiger partial charge in [0.15, 0.2) is 0 Å². The van der Waals surface area contributed by atoms with Crippen LogP contribution in [-0.4, -0.2) is 16.1 Å². The highest BCUT2D eigenvalue weighted by Crippen LogP contribution is 2.43. The number of hydrogen-bond donors (Lipinski definition) is 2. The molecule has 86 valence electrons. The van der Waals surface area contributed by atoms with Crippen molar-refractivity contribution >= 4 is 5.69 Å². The Morgan fingerprint density at radius 2 is 2.19 bits per heavy atom. The summed E-state index contributed by atoms with van der Waals surface area (Å²) >= 11 is 0. The number of rotatable bonds is 2. The zero-order chi connectivity index (χ0) is 11.9. The van der Waals surface area contributed by atoms with Gasteiger partial charge in [0.1, 0.15) is 5.82 Å². The standard InChI is InChI=1S/C10H11FN2O3/c11-7-2-1-3-8(13(15)16)9(7)10(12)4-6(14)5-10/h1-3,6,14H,4-5,12H2. The maximum atomic E-state index is 13.6. The molecule has 2 rings (SSSR count). The molecule has 0 unspecified atom stereocenters. The first-order valence-corrected chi connectivity index (χ1v) is 4.84. The van der Waals surface area contributed by atoms with Gasteiger partial charge in [-0.15, -0.1) is 0 Å². The normalized spacial score (nSPS) is 28.6. The molecule has 0 atom stereocenters. The third kappa shape index (κ3) is 1.56. The van der Waals surface area contributed by atoms with Gasteiger partial charge < -0.3 is 10.8 Å². The SMILES string of the molecule is NC1(c2c(F)cccc2[N+](=O)[O-])CC(O)C1. The minimum atomic E-state index is -1.12. The van der Waals surface area contributed by atoms with Crippen LogP contribution in [0.4, 0.5) is 10.1 Å². The molecule has 6 heteroatoms. The summed E-state index contributed by atoms with van der Waals surface area (Å²) in [6, 6.07) is 3.63. The van der Waals surface area contributed by atoms with Crippen molar-refractivity contribution < 1.29 is 14.4 Å². The van der Waals surface area contributed by atoms with Gasteiger partial charge in [-0.25, -0.2) is 4.39 Å². The minimum absolute atomic E-state index is 0.106. The van der Waals surface area contributed by atoms with Crippen molar-refractivity contribution in [2.75, 3.05) is 0 Å². The number of nitrogens with zero attached hydrogens (tertiary/aromatic N) is 1. The van der Waals surface area contributed by atoms with E-state index in [1.165, 1.54) is 12.1 Å². The maximum absolute atomic E-state index is 13.6. The van der Waals surface area contributed by atoms with Crippen LogP contribution in [-0.2, 0) is 5.54 Å². The highest BCUT2D eigenvalue weighted by Gasteiger charge is 2.46. The number of aliphatic hydroxyl groups is 1. The van der Waals surface area contributed by atoms with Crippen molar-refractivity contribution in [1.29, 1.82) is 0 Å². The fourth-order valence-electron chi connectivity index (χ4n) is 2.14. The Morgan fingerprint density at radius 3 is 2.69 bits per heavy atom. The van der Waals surface area contributed by atoms with E-state index in [2.05, 4.69) is 0 Å². The summed E-state index contributed by atoms with van der Waals surface area (Å²) in [6.45, 7) is 0. The number of nitrogens with two attached hydrogens (primary N) is 1. The van der Waals surface area contributed by atoms with Gasteiger partial charge in [0.25, 0.3) is 5.69 Å². The van der Waals surface area contributed by atoms with E-state index < -0.39 is 22.4 Å². The van der Waals surface area contributed by atoms with Crippen LogP contribution in [0.3, 0.4) is 0 Å². The molecule has 1 aromatic rings. The molecule has 0 amide bonds. The molecule has 1 aliphatic carbocycles. The average molecular weight is 226 g/mol. The van der Waals surface area contributed by atoms with Crippen LogP contribution in [0.25, 0.3) is 0 Å². The molecule has 5 nitrogen and oxygen atoms in total. The van der Waals surface area contributed by atoms with Gasteiger partial charge in [-0.3, -0.25) is 10.1 Å². The topological polar surface area (TPSA) is 89.4 Å². The molecular weight excluding hydrogens is 215 g/mol. The lowest BCUT2D eigenvalue weighted by atomic mass is 9.70. The van der Waals surface area contributed by atoms with Crippen molar-refractivity contribution in [1.82, 2.24) is 0 Å². The number of aliphatic hydroxyl groups excluding tert-OH is 1. The lowest BCUT2D eigenvalue weighted by molar-refractivity contribution is -0.386. The van der Waals surface area contributed by atoms with Gasteiger partial charge in [0.05, 0.1) is 22.1 Å². The van der Waals surface area contributed by atoms with Gasteiger partial charge in [0, 0.05) is 6.07 Å². The van der Waals surface area contributed by atoms with Gasteiger partial charge in [-0.05, 0) is 18.9 Å². The summed E-state index contributed by atoms with van der Waals surface area (Å²) in [6.07, 6.45) is -0.312. The average Bonchev–Trinajstić information content (AvgIpc) is 2.14. The van der Waals surface area contributed by atoms with Crippen molar-refractivity contribution in [2.24, 2.45) is 5.73 Å². The molecule has 1 saturated carbocycles. The van der Waals surface area contributed by atoms with Crippen LogP contribution in [0.2, 0.25) is 0 Å². The summed E-state index contributed by atoms with van der Waals surface area (Å²) in [4.78, 5) is 10.1. The fourth-order valence-corrected chi connectivity index (χ4v) is 2.14. The molecule has 3 N–H and O–H groups in total. The van der Waals surface area contributed by atoms with E-state index in [4.69, 9.17) is 5.73 Å². The number of halogens is 1. The number of hydrogen-bond acceptors (Lipinski definition) is 4. The first-order chi connectivity index (χ1) is 7.44. The summed E-state index contributed by atoms with van der Waals surface area (Å²) in [5.41, 5.74) is 4.30. The summed E-state index contributed by atoms with van der Waals surface area (Å²) in [5, 5.41) is 20.0. The molecule has 0 bridgehead atoms. The molecule has 1 aromatic carbocycles. The van der Waals surface area contributed by atoms with E-state index in [-0.39, 0.29) is 24.1 Å². The monoisotopic (exact) mass is 226 g/mol. The molecule has 0 saturated heterocycles. The van der Waals surface area contributed by atoms with Crippen LogP contribution in [0.5, 0.6) is 0 Å². The van der Waals surface area contributed by atoms with E-state index in [0.717, 1.165) is 6.07 Å². The third-order valence-corrected chi connectivity index (χ3v) is 2.89. The second-order valence-corrected chi connectivity index (χ2v) is 4.11. The van der Waals surface area contributed by atoms with Gasteiger partial charge in [-0.1, -0.05) is 6.07 Å². The van der Waals surface area contributed by atoms with Crippen molar-refractivity contribution in [3.8, 4) is 0 Å². The van der Waals surface area contributed by atoms with Crippen LogP contribution < -0.4 is 5.73 Å².